The minimum Gasteiger partial charge on any atom is -0.481 e. The number of aliphatic carboxylic acids is 1. The topological polar surface area (TPSA) is 103 Å². The summed E-state index contributed by atoms with van der Waals surface area (Å²) in [5, 5.41) is 17.4. The first-order chi connectivity index (χ1) is 9.72. The van der Waals surface area contributed by atoms with Crippen molar-refractivity contribution in [1.82, 2.24) is 24.7 Å². The Balaban J connectivity index is 2.29. The molecule has 2 aromatic rings. The van der Waals surface area contributed by atoms with E-state index in [1.165, 1.54) is 6.33 Å². The van der Waals surface area contributed by atoms with Gasteiger partial charge in [-0.15, -0.1) is 10.2 Å². The van der Waals surface area contributed by atoms with Gasteiger partial charge in [0.25, 0.3) is 0 Å². The molecule has 106 valence electrons. The molecular weight excluding hydrogens is 282 g/mol. The van der Waals surface area contributed by atoms with Crippen LogP contribution < -0.4 is 0 Å². The third-order valence-corrected chi connectivity index (χ3v) is 3.33. The Kier molecular flexibility index (Phi) is 5.02. The fourth-order valence-corrected chi connectivity index (χ4v) is 2.22. The molecule has 0 unspecified atom stereocenters. The van der Waals surface area contributed by atoms with Crippen molar-refractivity contribution in [2.45, 2.75) is 11.7 Å². The lowest BCUT2D eigenvalue weighted by atomic mass is 10.3. The van der Waals surface area contributed by atoms with Crippen LogP contribution in [0.5, 0.6) is 0 Å². The number of hydrogen-bond donors (Lipinski definition) is 1. The van der Waals surface area contributed by atoms with Crippen LogP contribution in [-0.4, -0.2) is 55.3 Å². The molecule has 0 saturated carbocycles. The molecule has 2 aromatic heterocycles. The molecule has 0 fully saturated rings. The highest BCUT2D eigenvalue weighted by Gasteiger charge is 2.15. The number of hydrogen-bond acceptors (Lipinski definition) is 7. The van der Waals surface area contributed by atoms with Crippen molar-refractivity contribution in [1.29, 1.82) is 0 Å². The minimum atomic E-state index is -0.902. The second-order valence-corrected chi connectivity index (χ2v) is 4.70. The number of carboxylic acid groups (broad SMARTS) is 1. The summed E-state index contributed by atoms with van der Waals surface area (Å²) >= 11 is 1.11. The van der Waals surface area contributed by atoms with E-state index in [9.17, 15) is 4.79 Å². The van der Waals surface area contributed by atoms with E-state index in [0.717, 1.165) is 17.3 Å². The Labute approximate surface area is 119 Å². The van der Waals surface area contributed by atoms with Gasteiger partial charge in [-0.25, -0.2) is 9.97 Å². The maximum absolute atomic E-state index is 10.7. The zero-order chi connectivity index (χ0) is 14.4. The number of aromatic nitrogens is 5. The van der Waals surface area contributed by atoms with Crippen LogP contribution in [0.1, 0.15) is 0 Å². The van der Waals surface area contributed by atoms with E-state index < -0.39 is 5.97 Å². The molecular formula is C11H13N5O3S. The van der Waals surface area contributed by atoms with Crippen LogP contribution in [0, 0.1) is 0 Å². The third kappa shape index (κ3) is 3.52. The van der Waals surface area contributed by atoms with Gasteiger partial charge in [0.05, 0.1) is 24.5 Å². The van der Waals surface area contributed by atoms with Crippen molar-refractivity contribution in [3.05, 3.63) is 18.7 Å². The number of nitrogens with zero attached hydrogens (tertiary/aromatic N) is 5. The average Bonchev–Trinajstić information content (AvgIpc) is 2.86. The van der Waals surface area contributed by atoms with E-state index in [-0.39, 0.29) is 5.75 Å². The highest BCUT2D eigenvalue weighted by Crippen LogP contribution is 2.22. The summed E-state index contributed by atoms with van der Waals surface area (Å²) in [5.74, 6) is -0.382. The van der Waals surface area contributed by atoms with E-state index in [0.29, 0.717) is 24.1 Å². The highest BCUT2D eigenvalue weighted by molar-refractivity contribution is 7.99. The molecule has 0 aliphatic rings. The summed E-state index contributed by atoms with van der Waals surface area (Å²) in [6.45, 7) is 0.995. The predicted molar refractivity (Wildman–Crippen MR) is 71.3 cm³/mol. The van der Waals surface area contributed by atoms with Gasteiger partial charge in [-0.1, -0.05) is 11.8 Å². The molecule has 0 atom stereocenters. The lowest BCUT2D eigenvalue weighted by Crippen LogP contribution is -2.09. The summed E-state index contributed by atoms with van der Waals surface area (Å²) in [6, 6.07) is 0. The second kappa shape index (κ2) is 6.96. The summed E-state index contributed by atoms with van der Waals surface area (Å²) in [5.41, 5.74) is 0.721. The van der Waals surface area contributed by atoms with Gasteiger partial charge < -0.3 is 9.84 Å². The fraction of sp³-hybridized carbons (Fsp3) is 0.364. The van der Waals surface area contributed by atoms with Gasteiger partial charge in [-0.3, -0.25) is 9.36 Å². The molecule has 9 heteroatoms. The van der Waals surface area contributed by atoms with Crippen molar-refractivity contribution in [3.63, 3.8) is 0 Å². The smallest absolute Gasteiger partial charge is 0.313 e. The molecule has 0 aliphatic heterocycles. The number of thioether (sulfide) groups is 1. The summed E-state index contributed by atoms with van der Waals surface area (Å²) in [4.78, 5) is 18.5. The Morgan fingerprint density at radius 1 is 1.40 bits per heavy atom. The minimum absolute atomic E-state index is 0.0730. The number of ether oxygens (including phenoxy) is 1. The number of methoxy groups -OCH3 is 1. The molecule has 2 rings (SSSR count). The van der Waals surface area contributed by atoms with Gasteiger partial charge in [-0.2, -0.15) is 0 Å². The first-order valence-corrected chi connectivity index (χ1v) is 6.73. The van der Waals surface area contributed by atoms with Crippen molar-refractivity contribution in [3.8, 4) is 11.4 Å². The summed E-state index contributed by atoms with van der Waals surface area (Å²) in [7, 11) is 1.60. The lowest BCUT2D eigenvalue weighted by Gasteiger charge is -2.08. The van der Waals surface area contributed by atoms with Crippen LogP contribution in [-0.2, 0) is 16.1 Å². The van der Waals surface area contributed by atoms with Crippen LogP contribution in [0.25, 0.3) is 11.4 Å². The fourth-order valence-electron chi connectivity index (χ4n) is 1.53. The standard InChI is InChI=1S/C11H13N5O3S/c1-19-3-2-16-10(8-4-12-7-13-5-8)14-15-11(16)20-6-9(17)18/h4-5,7H,2-3,6H2,1H3,(H,17,18). The van der Waals surface area contributed by atoms with Gasteiger partial charge in [-0.05, 0) is 0 Å². The zero-order valence-corrected chi connectivity index (χ0v) is 11.6. The largest absolute Gasteiger partial charge is 0.481 e. The quantitative estimate of drug-likeness (QED) is 0.739. The maximum atomic E-state index is 10.7. The van der Waals surface area contributed by atoms with E-state index in [2.05, 4.69) is 20.2 Å². The van der Waals surface area contributed by atoms with E-state index in [1.807, 2.05) is 0 Å². The summed E-state index contributed by atoms with van der Waals surface area (Å²) < 4.78 is 6.85. The lowest BCUT2D eigenvalue weighted by molar-refractivity contribution is -0.133. The first-order valence-electron chi connectivity index (χ1n) is 5.74. The molecule has 0 aliphatic carbocycles. The Bertz CT molecular complexity index is 575. The van der Waals surface area contributed by atoms with Crippen LogP contribution in [0.3, 0.4) is 0 Å². The Hall–Kier alpha value is -2.00. The van der Waals surface area contributed by atoms with Gasteiger partial charge >= 0.3 is 5.97 Å². The molecule has 0 bridgehead atoms. The van der Waals surface area contributed by atoms with E-state index in [4.69, 9.17) is 9.84 Å². The summed E-state index contributed by atoms with van der Waals surface area (Å²) in [6.07, 6.45) is 4.69. The molecule has 0 amide bonds. The second-order valence-electron chi connectivity index (χ2n) is 3.76. The van der Waals surface area contributed by atoms with E-state index in [1.54, 1.807) is 24.1 Å². The van der Waals surface area contributed by atoms with Crippen LogP contribution in [0.2, 0.25) is 0 Å². The predicted octanol–water partition coefficient (Wildman–Crippen LogP) is 0.558. The van der Waals surface area contributed by atoms with Crippen LogP contribution >= 0.6 is 11.8 Å². The van der Waals surface area contributed by atoms with Crippen molar-refractivity contribution in [2.24, 2.45) is 0 Å². The number of carbonyl (C=O) groups is 1. The Morgan fingerprint density at radius 3 is 2.80 bits per heavy atom. The third-order valence-electron chi connectivity index (χ3n) is 2.38. The molecule has 1 N–H and O–H groups in total. The molecule has 0 saturated heterocycles. The Morgan fingerprint density at radius 2 is 2.15 bits per heavy atom. The molecule has 0 spiro atoms. The molecule has 0 radical (unpaired) electrons. The maximum Gasteiger partial charge on any atom is 0.313 e. The molecule has 0 aromatic carbocycles. The van der Waals surface area contributed by atoms with Gasteiger partial charge in [0.1, 0.15) is 6.33 Å². The van der Waals surface area contributed by atoms with Crippen molar-refractivity contribution in [2.75, 3.05) is 19.5 Å². The number of carboxylic acids is 1. The average molecular weight is 295 g/mol. The van der Waals surface area contributed by atoms with Gasteiger partial charge in [0.15, 0.2) is 11.0 Å². The molecule has 20 heavy (non-hydrogen) atoms. The van der Waals surface area contributed by atoms with Crippen LogP contribution in [0.4, 0.5) is 0 Å². The van der Waals surface area contributed by atoms with Crippen molar-refractivity contribution < 1.29 is 14.6 Å². The van der Waals surface area contributed by atoms with Gasteiger partial charge in [0.2, 0.25) is 0 Å². The first kappa shape index (κ1) is 14.4. The molecule has 2 heterocycles. The van der Waals surface area contributed by atoms with Crippen molar-refractivity contribution >= 4 is 17.7 Å². The monoisotopic (exact) mass is 295 g/mol. The zero-order valence-electron chi connectivity index (χ0n) is 10.8. The molecule has 8 nitrogen and oxygen atoms in total. The van der Waals surface area contributed by atoms with E-state index >= 15 is 0 Å². The highest BCUT2D eigenvalue weighted by atomic mass is 32.2. The van der Waals surface area contributed by atoms with Gasteiger partial charge in [0, 0.05) is 19.5 Å². The van der Waals surface area contributed by atoms with Crippen LogP contribution in [0.15, 0.2) is 23.9 Å². The SMILES string of the molecule is COCCn1c(SCC(=O)O)nnc1-c1cncnc1. The normalized spacial score (nSPS) is 10.7. The number of rotatable bonds is 7.